The van der Waals surface area contributed by atoms with E-state index in [9.17, 15) is 9.59 Å². The monoisotopic (exact) mass is 293 g/mol. The van der Waals surface area contributed by atoms with E-state index in [-0.39, 0.29) is 0 Å². The second kappa shape index (κ2) is 7.08. The first-order valence-electron chi connectivity index (χ1n) is 6.78. The minimum atomic E-state index is -0.816. The summed E-state index contributed by atoms with van der Waals surface area (Å²) in [6.07, 6.45) is -0.357. The van der Waals surface area contributed by atoms with E-state index < -0.39 is 23.6 Å². The van der Waals surface area contributed by atoms with E-state index in [0.29, 0.717) is 13.0 Å². The SMILES string of the molecule is CC(C)(C)OC(=O)NC(Cc1ccc(CN)cc1)C(N)=O. The van der Waals surface area contributed by atoms with Crippen molar-refractivity contribution >= 4 is 12.0 Å². The van der Waals surface area contributed by atoms with E-state index in [1.165, 1.54) is 0 Å². The molecule has 0 saturated heterocycles. The number of benzene rings is 1. The largest absolute Gasteiger partial charge is 0.444 e. The zero-order valence-corrected chi connectivity index (χ0v) is 12.7. The van der Waals surface area contributed by atoms with Crippen molar-refractivity contribution in [3.63, 3.8) is 0 Å². The summed E-state index contributed by atoms with van der Waals surface area (Å²) in [4.78, 5) is 23.2. The van der Waals surface area contributed by atoms with Gasteiger partial charge in [-0.15, -0.1) is 0 Å². The minimum absolute atomic E-state index is 0.305. The third-order valence-corrected chi connectivity index (χ3v) is 2.73. The normalized spacial score (nSPS) is 12.6. The van der Waals surface area contributed by atoms with Crippen LogP contribution in [0.2, 0.25) is 0 Å². The highest BCUT2D eigenvalue weighted by molar-refractivity contribution is 5.84. The van der Waals surface area contributed by atoms with Crippen LogP contribution in [0, 0.1) is 0 Å². The van der Waals surface area contributed by atoms with Crippen molar-refractivity contribution in [1.82, 2.24) is 5.32 Å². The molecule has 1 rings (SSSR count). The van der Waals surface area contributed by atoms with Crippen molar-refractivity contribution in [1.29, 1.82) is 0 Å². The van der Waals surface area contributed by atoms with Gasteiger partial charge in [-0.25, -0.2) is 4.79 Å². The van der Waals surface area contributed by atoms with Gasteiger partial charge in [0, 0.05) is 13.0 Å². The third kappa shape index (κ3) is 6.27. The molecule has 6 nitrogen and oxygen atoms in total. The summed E-state index contributed by atoms with van der Waals surface area (Å²) in [5, 5.41) is 2.49. The van der Waals surface area contributed by atoms with Crippen molar-refractivity contribution in [3.8, 4) is 0 Å². The van der Waals surface area contributed by atoms with Crippen LogP contribution in [0.4, 0.5) is 4.79 Å². The smallest absolute Gasteiger partial charge is 0.408 e. The summed E-state index contributed by atoms with van der Waals surface area (Å²) in [6, 6.07) is 6.65. The Kier molecular flexibility index (Phi) is 5.72. The second-order valence-electron chi connectivity index (χ2n) is 5.83. The quantitative estimate of drug-likeness (QED) is 0.754. The maximum Gasteiger partial charge on any atom is 0.408 e. The van der Waals surface area contributed by atoms with Gasteiger partial charge in [0.25, 0.3) is 0 Å². The highest BCUT2D eigenvalue weighted by Gasteiger charge is 2.22. The fourth-order valence-corrected chi connectivity index (χ4v) is 1.72. The molecule has 0 aliphatic carbocycles. The second-order valence-corrected chi connectivity index (χ2v) is 5.83. The first kappa shape index (κ1) is 17.0. The van der Waals surface area contributed by atoms with Gasteiger partial charge in [0.1, 0.15) is 11.6 Å². The van der Waals surface area contributed by atoms with Crippen LogP contribution in [0.1, 0.15) is 31.9 Å². The lowest BCUT2D eigenvalue weighted by atomic mass is 10.0. The van der Waals surface area contributed by atoms with Crippen LogP contribution in [0.5, 0.6) is 0 Å². The number of nitrogens with one attached hydrogen (secondary N) is 1. The zero-order valence-electron chi connectivity index (χ0n) is 12.7. The summed E-state index contributed by atoms with van der Waals surface area (Å²) in [5.74, 6) is -0.608. The lowest BCUT2D eigenvalue weighted by Gasteiger charge is -2.22. The van der Waals surface area contributed by atoms with E-state index in [1.807, 2.05) is 24.3 Å². The highest BCUT2D eigenvalue weighted by Crippen LogP contribution is 2.09. The van der Waals surface area contributed by atoms with Crippen molar-refractivity contribution < 1.29 is 14.3 Å². The fourth-order valence-electron chi connectivity index (χ4n) is 1.72. The van der Waals surface area contributed by atoms with Crippen LogP contribution in [0.25, 0.3) is 0 Å². The van der Waals surface area contributed by atoms with Gasteiger partial charge in [-0.1, -0.05) is 24.3 Å². The minimum Gasteiger partial charge on any atom is -0.444 e. The number of rotatable bonds is 5. The Labute approximate surface area is 124 Å². The van der Waals surface area contributed by atoms with Gasteiger partial charge in [-0.2, -0.15) is 0 Å². The summed E-state index contributed by atoms with van der Waals surface area (Å²) >= 11 is 0. The molecule has 1 aromatic carbocycles. The standard InChI is InChI=1S/C15H23N3O3/c1-15(2,3)21-14(20)18-12(13(17)19)8-10-4-6-11(9-16)7-5-10/h4-7,12H,8-9,16H2,1-3H3,(H2,17,19)(H,18,20). The van der Waals surface area contributed by atoms with Crippen LogP contribution < -0.4 is 16.8 Å². The lowest BCUT2D eigenvalue weighted by Crippen LogP contribution is -2.47. The summed E-state index contributed by atoms with van der Waals surface area (Å²) in [5.41, 5.74) is 12.1. The first-order chi connectivity index (χ1) is 9.71. The molecule has 1 unspecified atom stereocenters. The Balaban J connectivity index is 2.69. The molecule has 0 aromatic heterocycles. The van der Waals surface area contributed by atoms with Gasteiger partial charge < -0.3 is 21.5 Å². The molecular weight excluding hydrogens is 270 g/mol. The van der Waals surface area contributed by atoms with E-state index in [4.69, 9.17) is 16.2 Å². The molecule has 0 spiro atoms. The summed E-state index contributed by atoms with van der Waals surface area (Å²) in [6.45, 7) is 5.70. The number of carbonyl (C=O) groups is 2. The highest BCUT2D eigenvalue weighted by atomic mass is 16.6. The predicted molar refractivity (Wildman–Crippen MR) is 80.4 cm³/mol. The maximum atomic E-state index is 11.7. The van der Waals surface area contributed by atoms with E-state index in [1.54, 1.807) is 20.8 Å². The third-order valence-electron chi connectivity index (χ3n) is 2.73. The van der Waals surface area contributed by atoms with Gasteiger partial charge in [-0.05, 0) is 31.9 Å². The molecule has 0 aliphatic rings. The number of hydrogen-bond acceptors (Lipinski definition) is 4. The Bertz CT molecular complexity index is 492. The zero-order chi connectivity index (χ0) is 16.0. The topological polar surface area (TPSA) is 107 Å². The number of carbonyl (C=O) groups excluding carboxylic acids is 2. The Morgan fingerprint density at radius 1 is 1.19 bits per heavy atom. The Hall–Kier alpha value is -2.08. The van der Waals surface area contributed by atoms with Crippen molar-refractivity contribution in [3.05, 3.63) is 35.4 Å². The van der Waals surface area contributed by atoms with Gasteiger partial charge in [0.2, 0.25) is 5.91 Å². The van der Waals surface area contributed by atoms with Crippen molar-refractivity contribution in [2.75, 3.05) is 0 Å². The Morgan fingerprint density at radius 2 is 1.71 bits per heavy atom. The molecule has 5 N–H and O–H groups in total. The van der Waals surface area contributed by atoms with Crippen LogP contribution in [0.15, 0.2) is 24.3 Å². The van der Waals surface area contributed by atoms with Gasteiger partial charge in [0.05, 0.1) is 0 Å². The van der Waals surface area contributed by atoms with Crippen molar-refractivity contribution in [2.24, 2.45) is 11.5 Å². The predicted octanol–water partition coefficient (Wildman–Crippen LogP) is 1.07. The van der Waals surface area contributed by atoms with Crippen LogP contribution in [0.3, 0.4) is 0 Å². The van der Waals surface area contributed by atoms with E-state index >= 15 is 0 Å². The summed E-state index contributed by atoms with van der Waals surface area (Å²) < 4.78 is 5.12. The average Bonchev–Trinajstić information content (AvgIpc) is 2.36. The lowest BCUT2D eigenvalue weighted by molar-refractivity contribution is -0.120. The van der Waals surface area contributed by atoms with Gasteiger partial charge >= 0.3 is 6.09 Å². The molecule has 0 aliphatic heterocycles. The number of hydrogen-bond donors (Lipinski definition) is 3. The number of alkyl carbamates (subject to hydrolysis) is 1. The van der Waals surface area contributed by atoms with Crippen molar-refractivity contribution in [2.45, 2.75) is 45.4 Å². The molecule has 116 valence electrons. The van der Waals surface area contributed by atoms with Gasteiger partial charge in [0.15, 0.2) is 0 Å². The maximum absolute atomic E-state index is 11.7. The van der Waals surface area contributed by atoms with Crippen LogP contribution in [-0.4, -0.2) is 23.6 Å². The molecule has 2 amide bonds. The average molecular weight is 293 g/mol. The van der Waals surface area contributed by atoms with Crippen LogP contribution >= 0.6 is 0 Å². The molecule has 0 fully saturated rings. The molecule has 0 bridgehead atoms. The summed E-state index contributed by atoms with van der Waals surface area (Å²) in [7, 11) is 0. The number of ether oxygens (including phenoxy) is 1. The molecule has 21 heavy (non-hydrogen) atoms. The molecule has 0 radical (unpaired) electrons. The Morgan fingerprint density at radius 3 is 2.14 bits per heavy atom. The number of amides is 2. The van der Waals surface area contributed by atoms with E-state index in [2.05, 4.69) is 5.32 Å². The van der Waals surface area contributed by atoms with Crippen LogP contribution in [-0.2, 0) is 22.5 Å². The van der Waals surface area contributed by atoms with E-state index in [0.717, 1.165) is 11.1 Å². The fraction of sp³-hybridized carbons (Fsp3) is 0.467. The number of nitrogens with two attached hydrogens (primary N) is 2. The molecule has 1 atom stereocenters. The molecule has 1 aromatic rings. The van der Waals surface area contributed by atoms with Gasteiger partial charge in [-0.3, -0.25) is 4.79 Å². The molecule has 0 heterocycles. The first-order valence-corrected chi connectivity index (χ1v) is 6.78. The molecule has 0 saturated carbocycles. The number of primary amides is 1. The molecular formula is C15H23N3O3. The molecule has 6 heteroatoms.